The van der Waals surface area contributed by atoms with Crippen molar-refractivity contribution < 1.29 is 4.39 Å². The minimum atomic E-state index is -0.258. The number of nitrogens with zero attached hydrogens (tertiary/aromatic N) is 2. The third-order valence-electron chi connectivity index (χ3n) is 3.24. The van der Waals surface area contributed by atoms with Gasteiger partial charge in [-0.05, 0) is 12.8 Å². The average Bonchev–Trinajstić information content (AvgIpc) is 2.58. The molecule has 2 rings (SSSR count). The van der Waals surface area contributed by atoms with E-state index in [-0.39, 0.29) is 11.7 Å². The van der Waals surface area contributed by atoms with Gasteiger partial charge in [0.25, 0.3) is 0 Å². The molecule has 0 unspecified atom stereocenters. The zero-order valence-electron chi connectivity index (χ0n) is 9.67. The van der Waals surface area contributed by atoms with Crippen LogP contribution in [-0.2, 0) is 0 Å². The molecule has 0 atom stereocenters. The molecule has 0 spiro atoms. The Morgan fingerprint density at radius 3 is 2.56 bits per heavy atom. The van der Waals surface area contributed by atoms with Crippen LogP contribution in [0.15, 0.2) is 6.20 Å². The van der Waals surface area contributed by atoms with Gasteiger partial charge in [-0.15, -0.1) is 0 Å². The van der Waals surface area contributed by atoms with Gasteiger partial charge in [0.1, 0.15) is 0 Å². The van der Waals surface area contributed by atoms with E-state index in [1.165, 1.54) is 31.9 Å². The lowest BCUT2D eigenvalue weighted by Gasteiger charge is -2.14. The molecule has 1 fully saturated rings. The number of anilines is 1. The quantitative estimate of drug-likeness (QED) is 0.783. The summed E-state index contributed by atoms with van der Waals surface area (Å²) in [6, 6.07) is 0. The second-order valence-corrected chi connectivity index (χ2v) is 4.37. The van der Waals surface area contributed by atoms with E-state index in [1.54, 1.807) is 7.05 Å². The monoisotopic (exact) mass is 223 g/mol. The zero-order valence-corrected chi connectivity index (χ0v) is 9.67. The first-order chi connectivity index (χ1) is 7.81. The second kappa shape index (κ2) is 5.23. The average molecular weight is 223 g/mol. The number of aromatic nitrogens is 2. The van der Waals surface area contributed by atoms with Crippen molar-refractivity contribution in [1.82, 2.24) is 9.97 Å². The topological polar surface area (TPSA) is 37.8 Å². The van der Waals surface area contributed by atoms with Crippen molar-refractivity contribution in [3.63, 3.8) is 0 Å². The fourth-order valence-corrected chi connectivity index (χ4v) is 2.34. The third-order valence-corrected chi connectivity index (χ3v) is 3.24. The summed E-state index contributed by atoms with van der Waals surface area (Å²) in [4.78, 5) is 8.14. The summed E-state index contributed by atoms with van der Waals surface area (Å²) in [7, 11) is 1.75. The van der Waals surface area contributed by atoms with Crippen molar-refractivity contribution in [3.05, 3.63) is 17.7 Å². The van der Waals surface area contributed by atoms with E-state index in [1.807, 2.05) is 0 Å². The molecule has 16 heavy (non-hydrogen) atoms. The Balaban J connectivity index is 2.22. The maximum atomic E-state index is 13.7. The van der Waals surface area contributed by atoms with Crippen LogP contribution in [0.5, 0.6) is 0 Å². The molecular formula is C12H18FN3. The van der Waals surface area contributed by atoms with Gasteiger partial charge in [0.05, 0.1) is 11.9 Å². The van der Waals surface area contributed by atoms with Gasteiger partial charge in [-0.1, -0.05) is 25.7 Å². The molecule has 0 aromatic carbocycles. The zero-order chi connectivity index (χ0) is 11.4. The van der Waals surface area contributed by atoms with Crippen molar-refractivity contribution in [1.29, 1.82) is 0 Å². The van der Waals surface area contributed by atoms with Gasteiger partial charge in [-0.25, -0.2) is 14.4 Å². The van der Waals surface area contributed by atoms with Crippen LogP contribution in [0, 0.1) is 5.82 Å². The van der Waals surface area contributed by atoms with Crippen LogP contribution in [-0.4, -0.2) is 17.0 Å². The van der Waals surface area contributed by atoms with Crippen molar-refractivity contribution in [3.8, 4) is 0 Å². The van der Waals surface area contributed by atoms with Crippen molar-refractivity contribution >= 4 is 5.95 Å². The molecule has 1 aliphatic rings. The maximum absolute atomic E-state index is 13.7. The van der Waals surface area contributed by atoms with E-state index in [0.717, 1.165) is 12.8 Å². The Kier molecular flexibility index (Phi) is 3.70. The molecule has 1 N–H and O–H groups in total. The maximum Gasteiger partial charge on any atom is 0.222 e. The fourth-order valence-electron chi connectivity index (χ4n) is 2.34. The Bertz CT molecular complexity index is 346. The van der Waals surface area contributed by atoms with E-state index >= 15 is 0 Å². The Labute approximate surface area is 95.5 Å². The number of halogens is 1. The first-order valence-electron chi connectivity index (χ1n) is 6.01. The molecule has 1 aliphatic carbocycles. The highest BCUT2D eigenvalue weighted by Gasteiger charge is 2.20. The van der Waals surface area contributed by atoms with E-state index in [2.05, 4.69) is 15.3 Å². The third kappa shape index (κ3) is 2.49. The highest BCUT2D eigenvalue weighted by Crippen LogP contribution is 2.31. The van der Waals surface area contributed by atoms with E-state index in [4.69, 9.17) is 0 Å². The van der Waals surface area contributed by atoms with E-state index in [9.17, 15) is 4.39 Å². The van der Waals surface area contributed by atoms with Gasteiger partial charge >= 0.3 is 0 Å². The first kappa shape index (κ1) is 11.3. The van der Waals surface area contributed by atoms with Crippen LogP contribution in [0.25, 0.3) is 0 Å². The molecule has 4 heteroatoms. The standard InChI is InChI=1S/C12H18FN3/c1-14-12-15-8-10(13)11(16-12)9-6-4-2-3-5-7-9/h8-9H,2-7H2,1H3,(H,14,15,16). The molecule has 1 aromatic rings. The summed E-state index contributed by atoms with van der Waals surface area (Å²) in [6.07, 6.45) is 8.28. The summed E-state index contributed by atoms with van der Waals surface area (Å²) in [5.41, 5.74) is 0.598. The van der Waals surface area contributed by atoms with Crippen LogP contribution in [0.4, 0.5) is 10.3 Å². The molecule has 0 bridgehead atoms. The SMILES string of the molecule is CNc1ncc(F)c(C2CCCCCC2)n1. The number of hydrogen-bond donors (Lipinski definition) is 1. The molecule has 0 aliphatic heterocycles. The number of nitrogens with one attached hydrogen (secondary N) is 1. The van der Waals surface area contributed by atoms with Gasteiger partial charge < -0.3 is 5.32 Å². The van der Waals surface area contributed by atoms with Gasteiger partial charge in [0, 0.05) is 13.0 Å². The van der Waals surface area contributed by atoms with Gasteiger partial charge in [-0.3, -0.25) is 0 Å². The molecule has 0 radical (unpaired) electrons. The smallest absolute Gasteiger partial charge is 0.222 e. The molecule has 1 heterocycles. The molecule has 3 nitrogen and oxygen atoms in total. The van der Waals surface area contributed by atoms with Gasteiger partial charge in [-0.2, -0.15) is 0 Å². The van der Waals surface area contributed by atoms with Gasteiger partial charge in [0.15, 0.2) is 5.82 Å². The predicted molar refractivity (Wildman–Crippen MR) is 62.0 cm³/mol. The first-order valence-corrected chi connectivity index (χ1v) is 6.01. The summed E-state index contributed by atoms with van der Waals surface area (Å²) < 4.78 is 13.7. The van der Waals surface area contributed by atoms with Crippen molar-refractivity contribution in [2.75, 3.05) is 12.4 Å². The van der Waals surface area contributed by atoms with Crippen LogP contribution in [0.2, 0.25) is 0 Å². The van der Waals surface area contributed by atoms with Crippen LogP contribution in [0.3, 0.4) is 0 Å². The van der Waals surface area contributed by atoms with Crippen molar-refractivity contribution in [2.24, 2.45) is 0 Å². The minimum Gasteiger partial charge on any atom is -0.357 e. The summed E-state index contributed by atoms with van der Waals surface area (Å²) >= 11 is 0. The molecule has 1 aromatic heterocycles. The lowest BCUT2D eigenvalue weighted by Crippen LogP contribution is -2.07. The predicted octanol–water partition coefficient (Wildman–Crippen LogP) is 3.10. The molecule has 0 saturated heterocycles. The normalized spacial score (nSPS) is 18.1. The summed E-state index contributed by atoms with van der Waals surface area (Å²) in [5, 5.41) is 2.86. The Morgan fingerprint density at radius 2 is 1.94 bits per heavy atom. The van der Waals surface area contributed by atoms with E-state index < -0.39 is 0 Å². The lowest BCUT2D eigenvalue weighted by molar-refractivity contribution is 0.516. The van der Waals surface area contributed by atoms with Crippen LogP contribution >= 0.6 is 0 Å². The summed E-state index contributed by atoms with van der Waals surface area (Å²) in [5.74, 6) is 0.532. The molecule has 0 amide bonds. The minimum absolute atomic E-state index is 0.258. The number of hydrogen-bond acceptors (Lipinski definition) is 3. The number of rotatable bonds is 2. The van der Waals surface area contributed by atoms with Crippen LogP contribution in [0.1, 0.15) is 50.1 Å². The van der Waals surface area contributed by atoms with E-state index in [0.29, 0.717) is 11.6 Å². The van der Waals surface area contributed by atoms with Crippen molar-refractivity contribution in [2.45, 2.75) is 44.4 Å². The molecular weight excluding hydrogens is 205 g/mol. The Morgan fingerprint density at radius 1 is 1.25 bits per heavy atom. The highest BCUT2D eigenvalue weighted by molar-refractivity contribution is 5.26. The summed E-state index contributed by atoms with van der Waals surface area (Å²) in [6.45, 7) is 0. The fraction of sp³-hybridized carbons (Fsp3) is 0.667. The lowest BCUT2D eigenvalue weighted by atomic mass is 9.96. The van der Waals surface area contributed by atoms with Crippen LogP contribution < -0.4 is 5.32 Å². The molecule has 88 valence electrons. The molecule has 1 saturated carbocycles. The van der Waals surface area contributed by atoms with Gasteiger partial charge in [0.2, 0.25) is 5.95 Å². The largest absolute Gasteiger partial charge is 0.357 e. The second-order valence-electron chi connectivity index (χ2n) is 4.37. The highest BCUT2D eigenvalue weighted by atomic mass is 19.1. The Hall–Kier alpha value is -1.19.